The Morgan fingerprint density at radius 3 is 2.82 bits per heavy atom. The van der Waals surface area contributed by atoms with Crippen LogP contribution in [0.2, 0.25) is 0 Å². The molecule has 0 unspecified atom stereocenters. The van der Waals surface area contributed by atoms with Crippen LogP contribution in [0.4, 0.5) is 0 Å². The Labute approximate surface area is 78.2 Å². The highest BCUT2D eigenvalue weighted by Crippen LogP contribution is 1.99. The van der Waals surface area contributed by atoms with Gasteiger partial charge in [-0.05, 0) is 24.9 Å². The lowest BCUT2D eigenvalue weighted by Crippen LogP contribution is -1.94. The molecule has 0 rings (SSSR count). The average Bonchev–Trinajstić information content (AvgIpc) is 2.04. The number of hydrogen-bond donors (Lipinski definition) is 0. The van der Waals surface area contributed by atoms with Crippen LogP contribution in [-0.2, 0) is 4.74 Å². The predicted octanol–water partition coefficient (Wildman–Crippen LogP) is 3.01. The van der Waals surface area contributed by atoms with Gasteiger partial charge in [0.15, 0.2) is 0 Å². The van der Waals surface area contributed by atoms with Crippen molar-refractivity contribution < 1.29 is 4.74 Å². The number of thioether (sulfide) groups is 1. The highest BCUT2D eigenvalue weighted by molar-refractivity contribution is 8.22. The second-order valence-corrected chi connectivity index (χ2v) is 3.43. The molecule has 0 amide bonds. The summed E-state index contributed by atoms with van der Waals surface area (Å²) in [6.45, 7) is 2.76. The van der Waals surface area contributed by atoms with Crippen molar-refractivity contribution in [1.82, 2.24) is 0 Å². The van der Waals surface area contributed by atoms with Gasteiger partial charge in [-0.25, -0.2) is 0 Å². The Bertz CT molecular complexity index is 132. The summed E-state index contributed by atoms with van der Waals surface area (Å²) in [5, 5.41) is 0. The van der Waals surface area contributed by atoms with Gasteiger partial charge in [-0.15, -0.1) is 0 Å². The molecule has 0 saturated heterocycles. The van der Waals surface area contributed by atoms with E-state index in [1.165, 1.54) is 18.2 Å². The van der Waals surface area contributed by atoms with Gasteiger partial charge in [0, 0.05) is 0 Å². The summed E-state index contributed by atoms with van der Waals surface area (Å²) < 4.78 is 5.76. The van der Waals surface area contributed by atoms with Gasteiger partial charge >= 0.3 is 0 Å². The molecule has 11 heavy (non-hydrogen) atoms. The van der Waals surface area contributed by atoms with E-state index in [2.05, 4.69) is 13.0 Å². The molecule has 0 aromatic heterocycles. The van der Waals surface area contributed by atoms with Gasteiger partial charge in [-0.1, -0.05) is 37.3 Å². The van der Waals surface area contributed by atoms with Gasteiger partial charge in [0.1, 0.15) is 6.61 Å². The second kappa shape index (κ2) is 8.08. The van der Waals surface area contributed by atoms with Crippen molar-refractivity contribution in [3.63, 3.8) is 0 Å². The lowest BCUT2D eigenvalue weighted by atomic mass is 10.3. The Hall–Kier alpha value is -0.0200. The number of allylic oxidation sites excluding steroid dienone is 1. The van der Waals surface area contributed by atoms with Crippen LogP contribution in [0.3, 0.4) is 0 Å². The van der Waals surface area contributed by atoms with Crippen LogP contribution in [0.1, 0.15) is 19.8 Å². The van der Waals surface area contributed by atoms with Gasteiger partial charge in [-0.2, -0.15) is 0 Å². The monoisotopic (exact) mass is 190 g/mol. The Morgan fingerprint density at radius 2 is 2.27 bits per heavy atom. The average molecular weight is 190 g/mol. The quantitative estimate of drug-likeness (QED) is 0.498. The van der Waals surface area contributed by atoms with Crippen LogP contribution in [0.5, 0.6) is 0 Å². The van der Waals surface area contributed by atoms with E-state index in [1.807, 2.05) is 12.3 Å². The van der Waals surface area contributed by atoms with Crippen LogP contribution in [0.25, 0.3) is 0 Å². The van der Waals surface area contributed by atoms with Gasteiger partial charge < -0.3 is 4.74 Å². The second-order valence-electron chi connectivity index (χ2n) is 2.03. The third kappa shape index (κ3) is 7.88. The molecule has 0 spiro atoms. The fraction of sp³-hybridized carbons (Fsp3) is 0.625. The summed E-state index contributed by atoms with van der Waals surface area (Å²) in [4.78, 5) is 0. The number of unbranched alkanes of at least 4 members (excludes halogenated alkanes) is 1. The first-order valence-electron chi connectivity index (χ1n) is 3.67. The lowest BCUT2D eigenvalue weighted by molar-refractivity contribution is 0.370. The van der Waals surface area contributed by atoms with Crippen LogP contribution in [0.15, 0.2) is 12.2 Å². The molecule has 0 N–H and O–H groups in total. The molecule has 0 aromatic carbocycles. The first-order valence-corrected chi connectivity index (χ1v) is 5.30. The highest BCUT2D eigenvalue weighted by atomic mass is 32.2. The molecule has 0 atom stereocenters. The van der Waals surface area contributed by atoms with Crippen molar-refractivity contribution in [3.05, 3.63) is 12.2 Å². The summed E-state index contributed by atoms with van der Waals surface area (Å²) in [5.74, 6) is 0. The van der Waals surface area contributed by atoms with E-state index in [4.69, 9.17) is 17.0 Å². The minimum absolute atomic E-state index is 0.611. The SMILES string of the molecule is CCC/C=C/COC(=S)SC. The summed E-state index contributed by atoms with van der Waals surface area (Å²) >= 11 is 6.30. The summed E-state index contributed by atoms with van der Waals surface area (Å²) in [6.07, 6.45) is 8.34. The summed E-state index contributed by atoms with van der Waals surface area (Å²) in [5.41, 5.74) is 0. The zero-order valence-electron chi connectivity index (χ0n) is 7.00. The van der Waals surface area contributed by atoms with E-state index in [9.17, 15) is 0 Å². The van der Waals surface area contributed by atoms with E-state index < -0.39 is 0 Å². The normalized spacial score (nSPS) is 10.4. The molecule has 0 aliphatic rings. The van der Waals surface area contributed by atoms with Crippen molar-refractivity contribution in [2.24, 2.45) is 0 Å². The van der Waals surface area contributed by atoms with Gasteiger partial charge in [0.2, 0.25) is 4.38 Å². The first kappa shape index (κ1) is 11.0. The third-order valence-corrected chi connectivity index (χ3v) is 2.16. The fourth-order valence-electron chi connectivity index (χ4n) is 0.528. The molecular formula is C8H14OS2. The summed E-state index contributed by atoms with van der Waals surface area (Å²) in [7, 11) is 0. The Balaban J connectivity index is 3.19. The third-order valence-electron chi connectivity index (χ3n) is 1.09. The molecule has 0 fully saturated rings. The van der Waals surface area contributed by atoms with Crippen LogP contribution >= 0.6 is 24.0 Å². The zero-order chi connectivity index (χ0) is 8.53. The number of rotatable bonds is 4. The predicted molar refractivity (Wildman–Crippen MR) is 56.1 cm³/mol. The van der Waals surface area contributed by atoms with Crippen LogP contribution in [-0.4, -0.2) is 17.2 Å². The first-order chi connectivity index (χ1) is 5.31. The molecule has 3 heteroatoms. The molecule has 0 aliphatic carbocycles. The minimum atomic E-state index is 0.611. The van der Waals surface area contributed by atoms with Crippen LogP contribution < -0.4 is 0 Å². The zero-order valence-corrected chi connectivity index (χ0v) is 8.63. The number of ether oxygens (including phenoxy) is 1. The maximum atomic E-state index is 5.15. The van der Waals surface area contributed by atoms with Gasteiger partial charge in [0.25, 0.3) is 0 Å². The molecule has 0 radical (unpaired) electrons. The molecule has 64 valence electrons. The van der Waals surface area contributed by atoms with Crippen LogP contribution in [0, 0.1) is 0 Å². The maximum absolute atomic E-state index is 5.15. The molecule has 0 aromatic rings. The largest absolute Gasteiger partial charge is 0.474 e. The molecular weight excluding hydrogens is 176 g/mol. The van der Waals surface area contributed by atoms with E-state index in [0.29, 0.717) is 11.0 Å². The summed E-state index contributed by atoms with van der Waals surface area (Å²) in [6, 6.07) is 0. The van der Waals surface area contributed by atoms with E-state index in [0.717, 1.165) is 6.42 Å². The van der Waals surface area contributed by atoms with Crippen molar-refractivity contribution in [2.75, 3.05) is 12.9 Å². The van der Waals surface area contributed by atoms with Crippen molar-refractivity contribution in [3.8, 4) is 0 Å². The fourth-order valence-corrected chi connectivity index (χ4v) is 0.782. The number of hydrogen-bond acceptors (Lipinski definition) is 3. The minimum Gasteiger partial charge on any atom is -0.474 e. The maximum Gasteiger partial charge on any atom is 0.220 e. The number of thiocarbonyl (C=S) groups is 1. The molecule has 0 saturated carbocycles. The molecule has 1 nitrogen and oxygen atoms in total. The van der Waals surface area contributed by atoms with E-state index in [-0.39, 0.29) is 0 Å². The topological polar surface area (TPSA) is 9.23 Å². The highest BCUT2D eigenvalue weighted by Gasteiger charge is 1.88. The van der Waals surface area contributed by atoms with E-state index >= 15 is 0 Å². The van der Waals surface area contributed by atoms with Crippen molar-refractivity contribution in [2.45, 2.75) is 19.8 Å². The Kier molecular flexibility index (Phi) is 8.07. The Morgan fingerprint density at radius 1 is 1.55 bits per heavy atom. The smallest absolute Gasteiger partial charge is 0.220 e. The molecule has 0 aliphatic heterocycles. The van der Waals surface area contributed by atoms with Crippen molar-refractivity contribution >= 4 is 28.4 Å². The van der Waals surface area contributed by atoms with Gasteiger partial charge in [0.05, 0.1) is 0 Å². The van der Waals surface area contributed by atoms with Crippen molar-refractivity contribution in [1.29, 1.82) is 0 Å². The van der Waals surface area contributed by atoms with Gasteiger partial charge in [-0.3, -0.25) is 0 Å². The lowest BCUT2D eigenvalue weighted by Gasteiger charge is -1.99. The molecule has 0 heterocycles. The van der Waals surface area contributed by atoms with E-state index in [1.54, 1.807) is 0 Å². The standard InChI is InChI=1S/C8H14OS2/c1-3-4-5-6-7-9-8(10)11-2/h5-6H,3-4,7H2,1-2H3/b6-5+. The molecule has 0 bridgehead atoms.